The zero-order valence-electron chi connectivity index (χ0n) is 14.3. The minimum atomic E-state index is 0. The molecule has 2 nitrogen and oxygen atoms in total. The van der Waals surface area contributed by atoms with Crippen LogP contribution in [-0.2, 0) is 39.8 Å². The van der Waals surface area contributed by atoms with Gasteiger partial charge in [-0.15, -0.1) is 23.2 Å². The van der Waals surface area contributed by atoms with Crippen molar-refractivity contribution in [3.05, 3.63) is 84.7 Å². The van der Waals surface area contributed by atoms with Crippen LogP contribution in [0, 0.1) is 19.1 Å². The minimum absolute atomic E-state index is 0. The van der Waals surface area contributed by atoms with Gasteiger partial charge in [-0.2, -0.15) is 18.2 Å². The fraction of sp³-hybridized carbons (Fsp3) is 0.0909. The van der Waals surface area contributed by atoms with Crippen LogP contribution in [0.25, 0.3) is 33.3 Å². The Bertz CT molecular complexity index is 1030. The van der Waals surface area contributed by atoms with Crippen LogP contribution in [0.1, 0.15) is 5.56 Å². The second-order valence-electron chi connectivity index (χ2n) is 5.91. The van der Waals surface area contributed by atoms with Gasteiger partial charge in [0.05, 0.1) is 7.05 Å². The third-order valence-corrected chi connectivity index (χ3v) is 4.37. The molecule has 0 saturated heterocycles. The first-order chi connectivity index (χ1) is 11.7. The second-order valence-corrected chi connectivity index (χ2v) is 5.91. The van der Waals surface area contributed by atoms with Gasteiger partial charge in [0.2, 0.25) is 0 Å². The van der Waals surface area contributed by atoms with E-state index in [9.17, 15) is 0 Å². The number of nitrogens with zero attached hydrogens (tertiary/aromatic N) is 2. The van der Waals surface area contributed by atoms with E-state index in [1.54, 1.807) is 0 Å². The summed E-state index contributed by atoms with van der Waals surface area (Å²) in [5.41, 5.74) is 5.24. The predicted molar refractivity (Wildman–Crippen MR) is 96.2 cm³/mol. The van der Waals surface area contributed by atoms with Gasteiger partial charge < -0.3 is 0 Å². The molecule has 1 radical (unpaired) electrons. The smallest absolute Gasteiger partial charge is 0.257 e. The van der Waals surface area contributed by atoms with Gasteiger partial charge in [0, 0.05) is 38.4 Å². The summed E-state index contributed by atoms with van der Waals surface area (Å²) < 4.78 is 2.02. The van der Waals surface area contributed by atoms with Crippen molar-refractivity contribution < 1.29 is 37.3 Å². The number of fused-ring (bicyclic) bond motifs is 1. The summed E-state index contributed by atoms with van der Waals surface area (Å²) in [5, 5.41) is 2.53. The maximum atomic E-state index is 4.50. The first kappa shape index (κ1) is 17.9. The van der Waals surface area contributed by atoms with E-state index in [0.717, 1.165) is 17.0 Å². The summed E-state index contributed by atoms with van der Waals surface area (Å²) in [4.78, 5) is 4.50. The Hall–Kier alpha value is -1.90. The zero-order chi connectivity index (χ0) is 16.5. The van der Waals surface area contributed by atoms with E-state index in [2.05, 4.69) is 60.4 Å². The maximum absolute atomic E-state index is 4.50. The summed E-state index contributed by atoms with van der Waals surface area (Å²) in [7, 11) is 2.01. The second kappa shape index (κ2) is 7.55. The van der Waals surface area contributed by atoms with E-state index in [0.29, 0.717) is 0 Å². The summed E-state index contributed by atoms with van der Waals surface area (Å²) in [5.74, 6) is 0. The fourth-order valence-electron chi connectivity index (χ4n) is 3.05. The number of benzene rings is 3. The molecule has 4 aromatic rings. The van der Waals surface area contributed by atoms with Gasteiger partial charge in [0.25, 0.3) is 6.33 Å². The molecule has 25 heavy (non-hydrogen) atoms. The monoisotopic (exact) mass is 398 g/mol. The van der Waals surface area contributed by atoms with E-state index in [1.165, 1.54) is 21.9 Å². The van der Waals surface area contributed by atoms with Crippen molar-refractivity contribution in [3.8, 4) is 22.5 Å². The Morgan fingerprint density at radius 3 is 2.56 bits per heavy atom. The average molecular weight is 398 g/mol. The van der Waals surface area contributed by atoms with Gasteiger partial charge in [0.1, 0.15) is 0 Å². The van der Waals surface area contributed by atoms with Gasteiger partial charge in [-0.05, 0) is 23.4 Å². The zero-order valence-corrected chi connectivity index (χ0v) is 17.2. The van der Waals surface area contributed by atoms with E-state index in [4.69, 9.17) is 0 Å². The van der Waals surface area contributed by atoms with Crippen molar-refractivity contribution in [3.63, 3.8) is 0 Å². The molecule has 1 heterocycles. The summed E-state index contributed by atoms with van der Waals surface area (Å²) in [6.07, 6.45) is 1.84. The molecule has 3 heteroatoms. The number of hydrogen-bond donors (Lipinski definition) is 0. The first-order valence-corrected chi connectivity index (χ1v) is 7.98. The molecule has 0 aliphatic rings. The van der Waals surface area contributed by atoms with Crippen LogP contribution in [0.4, 0.5) is 0 Å². The Kier molecular flexibility index (Phi) is 5.41. The molecule has 0 unspecified atom stereocenters. The van der Waals surface area contributed by atoms with Crippen molar-refractivity contribution >= 4 is 10.8 Å². The van der Waals surface area contributed by atoms with E-state index >= 15 is 0 Å². The molecular formula is C22H17N2Y-. The van der Waals surface area contributed by atoms with Crippen molar-refractivity contribution in [2.75, 3.05) is 0 Å². The molecule has 1 aromatic heterocycles. The molecule has 0 fully saturated rings. The van der Waals surface area contributed by atoms with Gasteiger partial charge >= 0.3 is 0 Å². The van der Waals surface area contributed by atoms with Gasteiger partial charge in [-0.1, -0.05) is 41.5 Å². The molecule has 3 aromatic carbocycles. The summed E-state index contributed by atoms with van der Waals surface area (Å²) in [6.45, 7) is 2.17. The molecule has 0 N–H and O–H groups in total. The number of aromatic nitrogens is 2. The van der Waals surface area contributed by atoms with E-state index in [-0.39, 0.29) is 32.7 Å². The Balaban J connectivity index is 0.00000182. The Labute approximate surface area is 173 Å². The maximum Gasteiger partial charge on any atom is 0.272 e. The molecule has 119 valence electrons. The molecular weight excluding hydrogens is 381 g/mol. The fourth-order valence-corrected chi connectivity index (χ4v) is 3.05. The molecule has 4 rings (SSSR count). The summed E-state index contributed by atoms with van der Waals surface area (Å²) >= 11 is 0. The first-order valence-electron chi connectivity index (χ1n) is 7.98. The SMILES string of the molecule is Cc1c(-c2[c-]c(-c3[c-]cccc3)nc[n+]2C)ccc2ccccc12.[Y]. The molecule has 0 aliphatic carbocycles. The third-order valence-electron chi connectivity index (χ3n) is 4.37. The number of rotatable bonds is 2. The van der Waals surface area contributed by atoms with Crippen molar-refractivity contribution in [1.29, 1.82) is 0 Å². The molecule has 0 bridgehead atoms. The van der Waals surface area contributed by atoms with Crippen LogP contribution >= 0.6 is 0 Å². The van der Waals surface area contributed by atoms with Crippen LogP contribution in [-0.4, -0.2) is 4.98 Å². The van der Waals surface area contributed by atoms with Gasteiger partial charge in [-0.25, -0.2) is 11.6 Å². The van der Waals surface area contributed by atoms with Crippen LogP contribution in [0.3, 0.4) is 0 Å². The van der Waals surface area contributed by atoms with Crippen LogP contribution in [0.2, 0.25) is 0 Å². The molecule has 0 atom stereocenters. The Morgan fingerprint density at radius 2 is 1.76 bits per heavy atom. The topological polar surface area (TPSA) is 16.8 Å². The van der Waals surface area contributed by atoms with Crippen LogP contribution < -0.4 is 4.57 Å². The van der Waals surface area contributed by atoms with Gasteiger partial charge in [-0.3, -0.25) is 4.57 Å². The third kappa shape index (κ3) is 3.42. The quantitative estimate of drug-likeness (QED) is 0.364. The van der Waals surface area contributed by atoms with Crippen LogP contribution in [0.15, 0.2) is 67.0 Å². The van der Waals surface area contributed by atoms with Gasteiger partial charge in [0.15, 0.2) is 0 Å². The average Bonchev–Trinajstić information content (AvgIpc) is 2.64. The number of aryl methyl sites for hydroxylation is 2. The van der Waals surface area contributed by atoms with Crippen molar-refractivity contribution in [2.45, 2.75) is 6.92 Å². The number of hydrogen-bond acceptors (Lipinski definition) is 1. The van der Waals surface area contributed by atoms with Crippen LogP contribution in [0.5, 0.6) is 0 Å². The van der Waals surface area contributed by atoms with E-state index in [1.807, 2.05) is 42.2 Å². The normalized spacial score (nSPS) is 10.5. The van der Waals surface area contributed by atoms with Crippen molar-refractivity contribution in [1.82, 2.24) is 4.98 Å². The minimum Gasteiger partial charge on any atom is -0.257 e. The molecule has 0 aliphatic heterocycles. The molecule has 0 saturated carbocycles. The Morgan fingerprint density at radius 1 is 0.960 bits per heavy atom. The summed E-state index contributed by atoms with van der Waals surface area (Å²) in [6, 6.07) is 27.4. The predicted octanol–water partition coefficient (Wildman–Crippen LogP) is 4.30. The molecule has 0 amide bonds. The molecule has 0 spiro atoms. The largest absolute Gasteiger partial charge is 0.272 e. The van der Waals surface area contributed by atoms with Crippen molar-refractivity contribution in [2.24, 2.45) is 7.05 Å². The standard InChI is InChI=1S/C22H17N2.Y/c1-16-19-11-7-6-8-17(19)12-13-20(16)22-14-21(23-15-24(22)2)18-9-4-3-5-10-18;/h3-9,11-13,15H,1-2H3;/q-1;. The van der Waals surface area contributed by atoms with E-state index < -0.39 is 0 Å².